The zero-order valence-corrected chi connectivity index (χ0v) is 13.2. The Morgan fingerprint density at radius 2 is 1.81 bits per heavy atom. The average molecular weight is 295 g/mol. The molecule has 5 heteroatoms. The SMILES string of the molecule is CN=C(NCCCC(=O)OC1CCCC1)NC1CCCC1. The first-order valence-electron chi connectivity index (χ1n) is 8.44. The fourth-order valence-electron chi connectivity index (χ4n) is 3.15. The number of aliphatic imine (C=N–C) groups is 1. The molecule has 0 spiro atoms. The summed E-state index contributed by atoms with van der Waals surface area (Å²) in [6.07, 6.45) is 11.0. The highest BCUT2D eigenvalue weighted by Gasteiger charge is 2.19. The quantitative estimate of drug-likeness (QED) is 0.342. The first-order chi connectivity index (χ1) is 10.3. The Kier molecular flexibility index (Phi) is 6.83. The molecular formula is C16H29N3O2. The maximum atomic E-state index is 11.7. The normalized spacial score (nSPS) is 20.7. The van der Waals surface area contributed by atoms with Crippen molar-refractivity contribution in [1.82, 2.24) is 10.6 Å². The Labute approximate surface area is 127 Å². The lowest BCUT2D eigenvalue weighted by molar-refractivity contribution is -0.148. The first-order valence-corrected chi connectivity index (χ1v) is 8.44. The Morgan fingerprint density at radius 3 is 2.48 bits per heavy atom. The Balaban J connectivity index is 1.54. The van der Waals surface area contributed by atoms with Gasteiger partial charge < -0.3 is 15.4 Å². The van der Waals surface area contributed by atoms with Crippen LogP contribution >= 0.6 is 0 Å². The van der Waals surface area contributed by atoms with Crippen molar-refractivity contribution in [2.75, 3.05) is 13.6 Å². The predicted molar refractivity (Wildman–Crippen MR) is 84.3 cm³/mol. The van der Waals surface area contributed by atoms with Crippen LogP contribution in [0.4, 0.5) is 0 Å². The second-order valence-corrected chi connectivity index (χ2v) is 6.12. The largest absolute Gasteiger partial charge is 0.462 e. The molecular weight excluding hydrogens is 266 g/mol. The minimum absolute atomic E-state index is 0.0533. The lowest BCUT2D eigenvalue weighted by atomic mass is 10.2. The molecule has 2 aliphatic carbocycles. The fourth-order valence-corrected chi connectivity index (χ4v) is 3.15. The predicted octanol–water partition coefficient (Wildman–Crippen LogP) is 2.36. The zero-order valence-electron chi connectivity index (χ0n) is 13.2. The van der Waals surface area contributed by atoms with Crippen molar-refractivity contribution in [3.8, 4) is 0 Å². The van der Waals surface area contributed by atoms with Gasteiger partial charge in [-0.1, -0.05) is 12.8 Å². The van der Waals surface area contributed by atoms with Crippen LogP contribution in [0.2, 0.25) is 0 Å². The molecule has 0 atom stereocenters. The van der Waals surface area contributed by atoms with Crippen molar-refractivity contribution >= 4 is 11.9 Å². The summed E-state index contributed by atoms with van der Waals surface area (Å²) in [5.41, 5.74) is 0. The molecule has 0 aromatic carbocycles. The maximum Gasteiger partial charge on any atom is 0.306 e. The van der Waals surface area contributed by atoms with E-state index in [9.17, 15) is 4.79 Å². The van der Waals surface area contributed by atoms with Gasteiger partial charge >= 0.3 is 5.97 Å². The third-order valence-electron chi connectivity index (χ3n) is 4.37. The highest BCUT2D eigenvalue weighted by atomic mass is 16.5. The van der Waals surface area contributed by atoms with Gasteiger partial charge in [-0.3, -0.25) is 9.79 Å². The summed E-state index contributed by atoms with van der Waals surface area (Å²) in [6, 6.07) is 0.559. The summed E-state index contributed by atoms with van der Waals surface area (Å²) >= 11 is 0. The van der Waals surface area contributed by atoms with Crippen molar-refractivity contribution in [3.05, 3.63) is 0 Å². The Hall–Kier alpha value is -1.26. The van der Waals surface area contributed by atoms with E-state index in [0.717, 1.165) is 31.8 Å². The van der Waals surface area contributed by atoms with Crippen molar-refractivity contribution in [2.45, 2.75) is 76.4 Å². The third kappa shape index (κ3) is 5.94. The van der Waals surface area contributed by atoms with Gasteiger partial charge in [0, 0.05) is 26.1 Å². The van der Waals surface area contributed by atoms with E-state index in [2.05, 4.69) is 15.6 Å². The van der Waals surface area contributed by atoms with Crippen molar-refractivity contribution < 1.29 is 9.53 Å². The van der Waals surface area contributed by atoms with E-state index >= 15 is 0 Å². The molecule has 0 aliphatic heterocycles. The summed E-state index contributed by atoms with van der Waals surface area (Å²) in [5.74, 6) is 0.800. The van der Waals surface area contributed by atoms with Gasteiger partial charge in [-0.2, -0.15) is 0 Å². The first kappa shape index (κ1) is 16.1. The van der Waals surface area contributed by atoms with Crippen LogP contribution in [0, 0.1) is 0 Å². The van der Waals surface area contributed by atoms with Gasteiger partial charge in [0.1, 0.15) is 6.10 Å². The number of carbonyl (C=O) groups is 1. The van der Waals surface area contributed by atoms with E-state index in [-0.39, 0.29) is 12.1 Å². The standard InChI is InChI=1S/C16H29N3O2/c1-17-16(19-13-7-2-3-8-13)18-12-6-11-15(20)21-14-9-4-5-10-14/h13-14H,2-12H2,1H3,(H2,17,18,19). The van der Waals surface area contributed by atoms with E-state index in [1.54, 1.807) is 7.05 Å². The van der Waals surface area contributed by atoms with Crippen molar-refractivity contribution in [1.29, 1.82) is 0 Å². The molecule has 2 fully saturated rings. The molecule has 0 bridgehead atoms. The summed E-state index contributed by atoms with van der Waals surface area (Å²) in [5, 5.41) is 6.71. The van der Waals surface area contributed by atoms with E-state index in [1.807, 2.05) is 0 Å². The van der Waals surface area contributed by atoms with Crippen LogP contribution in [0.25, 0.3) is 0 Å². The number of nitrogens with one attached hydrogen (secondary N) is 2. The minimum atomic E-state index is -0.0533. The van der Waals surface area contributed by atoms with Gasteiger partial charge in [0.2, 0.25) is 0 Å². The molecule has 2 rings (SSSR count). The lowest BCUT2D eigenvalue weighted by Crippen LogP contribution is -2.42. The van der Waals surface area contributed by atoms with Crippen molar-refractivity contribution in [3.63, 3.8) is 0 Å². The molecule has 0 aromatic rings. The molecule has 120 valence electrons. The van der Waals surface area contributed by atoms with Gasteiger partial charge in [0.05, 0.1) is 0 Å². The molecule has 2 N–H and O–H groups in total. The second-order valence-electron chi connectivity index (χ2n) is 6.12. The average Bonchev–Trinajstić information content (AvgIpc) is 3.15. The number of hydrogen-bond donors (Lipinski definition) is 2. The third-order valence-corrected chi connectivity index (χ3v) is 4.37. The molecule has 2 aliphatic rings. The van der Waals surface area contributed by atoms with Crippen LogP contribution < -0.4 is 10.6 Å². The van der Waals surface area contributed by atoms with E-state index in [0.29, 0.717) is 12.5 Å². The van der Waals surface area contributed by atoms with E-state index in [4.69, 9.17) is 4.74 Å². The number of guanidine groups is 1. The molecule has 5 nitrogen and oxygen atoms in total. The maximum absolute atomic E-state index is 11.7. The van der Waals surface area contributed by atoms with Crippen LogP contribution in [0.15, 0.2) is 4.99 Å². The van der Waals surface area contributed by atoms with Gasteiger partial charge in [-0.15, -0.1) is 0 Å². The minimum Gasteiger partial charge on any atom is -0.462 e. The molecule has 0 amide bonds. The van der Waals surface area contributed by atoms with Crippen LogP contribution in [-0.2, 0) is 9.53 Å². The van der Waals surface area contributed by atoms with Crippen LogP contribution in [-0.4, -0.2) is 37.7 Å². The molecule has 0 heterocycles. The fraction of sp³-hybridized carbons (Fsp3) is 0.875. The number of carbonyl (C=O) groups excluding carboxylic acids is 1. The number of nitrogens with zero attached hydrogens (tertiary/aromatic N) is 1. The molecule has 0 saturated heterocycles. The second kappa shape index (κ2) is 8.90. The zero-order chi connectivity index (χ0) is 14.9. The highest BCUT2D eigenvalue weighted by Crippen LogP contribution is 2.21. The summed E-state index contributed by atoms with van der Waals surface area (Å²) in [4.78, 5) is 15.9. The molecule has 2 saturated carbocycles. The number of rotatable bonds is 6. The number of esters is 1. The Morgan fingerprint density at radius 1 is 1.14 bits per heavy atom. The summed E-state index contributed by atoms with van der Waals surface area (Å²) < 4.78 is 5.44. The molecule has 0 radical (unpaired) electrons. The van der Waals surface area contributed by atoms with Gasteiger partial charge in [-0.05, 0) is 44.9 Å². The van der Waals surface area contributed by atoms with Crippen LogP contribution in [0.5, 0.6) is 0 Å². The molecule has 0 unspecified atom stereocenters. The highest BCUT2D eigenvalue weighted by molar-refractivity contribution is 5.80. The molecule has 21 heavy (non-hydrogen) atoms. The van der Waals surface area contributed by atoms with E-state index in [1.165, 1.54) is 38.5 Å². The van der Waals surface area contributed by atoms with Gasteiger partial charge in [0.25, 0.3) is 0 Å². The smallest absolute Gasteiger partial charge is 0.306 e. The van der Waals surface area contributed by atoms with Crippen LogP contribution in [0.3, 0.4) is 0 Å². The van der Waals surface area contributed by atoms with Gasteiger partial charge in [0.15, 0.2) is 5.96 Å². The van der Waals surface area contributed by atoms with Crippen LogP contribution in [0.1, 0.15) is 64.2 Å². The monoisotopic (exact) mass is 295 g/mol. The topological polar surface area (TPSA) is 62.7 Å². The summed E-state index contributed by atoms with van der Waals surface area (Å²) in [7, 11) is 1.79. The number of hydrogen-bond acceptors (Lipinski definition) is 3. The lowest BCUT2D eigenvalue weighted by Gasteiger charge is -2.16. The van der Waals surface area contributed by atoms with Gasteiger partial charge in [-0.25, -0.2) is 0 Å². The molecule has 0 aromatic heterocycles. The van der Waals surface area contributed by atoms with Crippen molar-refractivity contribution in [2.24, 2.45) is 4.99 Å². The summed E-state index contributed by atoms with van der Waals surface area (Å²) in [6.45, 7) is 0.756. The Bertz CT molecular complexity index is 345. The van der Waals surface area contributed by atoms with E-state index < -0.39 is 0 Å². The number of ether oxygens (including phenoxy) is 1.